The number of hydrogen-bond acceptors (Lipinski definition) is 3. The van der Waals surface area contributed by atoms with Gasteiger partial charge >= 0.3 is 0 Å². The van der Waals surface area contributed by atoms with Crippen LogP contribution in [0.25, 0.3) is 0 Å². The first kappa shape index (κ1) is 13.7. The summed E-state index contributed by atoms with van der Waals surface area (Å²) in [6.45, 7) is 0. The quantitative estimate of drug-likeness (QED) is 0.831. The van der Waals surface area contributed by atoms with Gasteiger partial charge in [-0.15, -0.1) is 0 Å². The summed E-state index contributed by atoms with van der Waals surface area (Å²) in [6.07, 6.45) is 0.134. The van der Waals surface area contributed by atoms with E-state index in [0.717, 1.165) is 5.56 Å². The lowest BCUT2D eigenvalue weighted by atomic mass is 10.1. The number of benzene rings is 1. The van der Waals surface area contributed by atoms with Gasteiger partial charge in [-0.3, -0.25) is 0 Å². The minimum atomic E-state index is -0.438. The zero-order valence-electron chi connectivity index (χ0n) is 9.24. The summed E-state index contributed by atoms with van der Waals surface area (Å²) < 4.78 is 10.2. The van der Waals surface area contributed by atoms with Crippen molar-refractivity contribution in [3.63, 3.8) is 0 Å². The summed E-state index contributed by atoms with van der Waals surface area (Å²) in [5.41, 5.74) is 6.86. The average Bonchev–Trinajstić information content (AvgIpc) is 2.24. The van der Waals surface area contributed by atoms with Crippen molar-refractivity contribution in [2.75, 3.05) is 14.2 Å². The highest BCUT2D eigenvalue weighted by atomic mass is 35.5. The normalized spacial score (nSPS) is 13.1. The molecule has 0 amide bonds. The fraction of sp³-hybridized carbons (Fsp3) is 0.455. The smallest absolute Gasteiger partial charge is 0.172 e. The Morgan fingerprint density at radius 2 is 1.88 bits per heavy atom. The zero-order chi connectivity index (χ0) is 12.1. The van der Waals surface area contributed by atoms with Gasteiger partial charge in [-0.1, -0.05) is 29.3 Å². The van der Waals surface area contributed by atoms with E-state index in [2.05, 4.69) is 0 Å². The van der Waals surface area contributed by atoms with E-state index in [4.69, 9.17) is 38.4 Å². The van der Waals surface area contributed by atoms with Crippen molar-refractivity contribution >= 4 is 23.2 Å². The third-order valence-corrected chi connectivity index (χ3v) is 2.87. The molecule has 0 saturated carbocycles. The van der Waals surface area contributed by atoms with Crippen LogP contribution in [0.5, 0.6) is 0 Å². The number of nitrogens with two attached hydrogens (primary N) is 1. The molecule has 0 aliphatic rings. The largest absolute Gasteiger partial charge is 0.354 e. The lowest BCUT2D eigenvalue weighted by Gasteiger charge is -2.21. The molecule has 0 aromatic heterocycles. The minimum Gasteiger partial charge on any atom is -0.354 e. The predicted octanol–water partition coefficient (Wildman–Crippen LogP) is 2.48. The highest BCUT2D eigenvalue weighted by Gasteiger charge is 2.17. The maximum atomic E-state index is 6.04. The van der Waals surface area contributed by atoms with Crippen LogP contribution < -0.4 is 5.73 Å². The van der Waals surface area contributed by atoms with Crippen LogP contribution in [0.1, 0.15) is 5.56 Å². The second-order valence-corrected chi connectivity index (χ2v) is 4.29. The summed E-state index contributed by atoms with van der Waals surface area (Å²) >= 11 is 11.8. The number of halogens is 2. The maximum absolute atomic E-state index is 6.04. The summed E-state index contributed by atoms with van der Waals surface area (Å²) in [5.74, 6) is 0. The number of hydrogen-bond donors (Lipinski definition) is 1. The summed E-state index contributed by atoms with van der Waals surface area (Å²) in [4.78, 5) is 0. The van der Waals surface area contributed by atoms with Gasteiger partial charge in [0, 0.05) is 24.3 Å². The lowest BCUT2D eigenvalue weighted by molar-refractivity contribution is -0.115. The summed E-state index contributed by atoms with van der Waals surface area (Å²) in [5, 5.41) is 1.21. The Morgan fingerprint density at radius 1 is 1.25 bits per heavy atom. The Balaban J connectivity index is 2.72. The van der Waals surface area contributed by atoms with E-state index in [1.165, 1.54) is 0 Å². The molecule has 0 aliphatic heterocycles. The molecule has 1 rings (SSSR count). The van der Waals surface area contributed by atoms with Crippen molar-refractivity contribution in [2.24, 2.45) is 5.73 Å². The molecule has 3 nitrogen and oxygen atoms in total. The fourth-order valence-corrected chi connectivity index (χ4v) is 1.97. The maximum Gasteiger partial charge on any atom is 0.172 e. The molecule has 0 unspecified atom stereocenters. The highest BCUT2D eigenvalue weighted by molar-refractivity contribution is 6.35. The average molecular weight is 264 g/mol. The van der Waals surface area contributed by atoms with Crippen molar-refractivity contribution < 1.29 is 9.47 Å². The molecule has 2 N–H and O–H groups in total. The van der Waals surface area contributed by atoms with Crippen LogP contribution in [0, 0.1) is 0 Å². The van der Waals surface area contributed by atoms with Crippen LogP contribution in [0.4, 0.5) is 0 Å². The first-order valence-electron chi connectivity index (χ1n) is 4.83. The molecule has 90 valence electrons. The molecular weight excluding hydrogens is 249 g/mol. The molecular formula is C11H15Cl2NO2. The highest BCUT2D eigenvalue weighted by Crippen LogP contribution is 2.22. The van der Waals surface area contributed by atoms with Crippen LogP contribution in [0.2, 0.25) is 10.0 Å². The predicted molar refractivity (Wildman–Crippen MR) is 65.9 cm³/mol. The van der Waals surface area contributed by atoms with Crippen LogP contribution in [0.15, 0.2) is 18.2 Å². The van der Waals surface area contributed by atoms with E-state index in [-0.39, 0.29) is 6.04 Å². The van der Waals surface area contributed by atoms with E-state index in [1.54, 1.807) is 26.4 Å². The lowest BCUT2D eigenvalue weighted by Crippen LogP contribution is -2.39. The van der Waals surface area contributed by atoms with Gasteiger partial charge in [0.05, 0.1) is 6.04 Å². The van der Waals surface area contributed by atoms with Crippen molar-refractivity contribution in [2.45, 2.75) is 18.8 Å². The van der Waals surface area contributed by atoms with Gasteiger partial charge in [-0.05, 0) is 24.1 Å². The van der Waals surface area contributed by atoms with Crippen LogP contribution in [-0.2, 0) is 15.9 Å². The van der Waals surface area contributed by atoms with Gasteiger partial charge in [0.25, 0.3) is 0 Å². The molecule has 0 fully saturated rings. The Hall–Kier alpha value is -0.320. The van der Waals surface area contributed by atoms with Gasteiger partial charge in [0.1, 0.15) is 0 Å². The molecule has 0 aliphatic carbocycles. The Kier molecular flexibility index (Phi) is 5.52. The molecule has 0 radical (unpaired) electrons. The van der Waals surface area contributed by atoms with E-state index in [9.17, 15) is 0 Å². The van der Waals surface area contributed by atoms with Crippen LogP contribution >= 0.6 is 23.2 Å². The molecule has 1 atom stereocenters. The van der Waals surface area contributed by atoms with Gasteiger partial charge < -0.3 is 15.2 Å². The van der Waals surface area contributed by atoms with E-state index in [1.807, 2.05) is 6.07 Å². The van der Waals surface area contributed by atoms with Gasteiger partial charge in [-0.25, -0.2) is 0 Å². The first-order valence-corrected chi connectivity index (χ1v) is 5.59. The van der Waals surface area contributed by atoms with Crippen molar-refractivity contribution in [1.29, 1.82) is 0 Å². The van der Waals surface area contributed by atoms with Crippen LogP contribution in [-0.4, -0.2) is 26.6 Å². The molecule has 5 heteroatoms. The van der Waals surface area contributed by atoms with Gasteiger partial charge in [-0.2, -0.15) is 0 Å². The summed E-state index contributed by atoms with van der Waals surface area (Å²) in [7, 11) is 3.11. The third-order valence-electron chi connectivity index (χ3n) is 2.28. The van der Waals surface area contributed by atoms with Gasteiger partial charge in [0.15, 0.2) is 6.29 Å². The van der Waals surface area contributed by atoms with Crippen molar-refractivity contribution in [3.05, 3.63) is 33.8 Å². The topological polar surface area (TPSA) is 44.5 Å². The monoisotopic (exact) mass is 263 g/mol. The summed E-state index contributed by atoms with van der Waals surface area (Å²) in [6, 6.07) is 5.06. The SMILES string of the molecule is COC(OC)[C@@H](N)Cc1ccc(Cl)cc1Cl. The molecule has 0 saturated heterocycles. The molecule has 16 heavy (non-hydrogen) atoms. The Morgan fingerprint density at radius 3 is 2.38 bits per heavy atom. The third kappa shape index (κ3) is 3.61. The van der Waals surface area contributed by atoms with E-state index < -0.39 is 6.29 Å². The second-order valence-electron chi connectivity index (χ2n) is 3.44. The molecule has 1 aromatic rings. The molecule has 0 heterocycles. The standard InChI is InChI=1S/C11H15Cl2NO2/c1-15-11(16-2)10(14)5-7-3-4-8(12)6-9(7)13/h3-4,6,10-11H,5,14H2,1-2H3/t10-/m0/s1. The number of methoxy groups -OCH3 is 2. The zero-order valence-corrected chi connectivity index (χ0v) is 10.8. The van der Waals surface area contributed by atoms with E-state index >= 15 is 0 Å². The molecule has 0 bridgehead atoms. The second kappa shape index (κ2) is 6.42. The molecule has 0 spiro atoms. The molecule has 1 aromatic carbocycles. The Bertz CT molecular complexity index is 343. The van der Waals surface area contributed by atoms with Crippen molar-refractivity contribution in [3.8, 4) is 0 Å². The Labute approximate surface area is 105 Å². The number of rotatable bonds is 5. The van der Waals surface area contributed by atoms with Gasteiger partial charge in [0.2, 0.25) is 0 Å². The first-order chi connectivity index (χ1) is 7.58. The fourth-order valence-electron chi connectivity index (χ4n) is 1.48. The van der Waals surface area contributed by atoms with E-state index in [0.29, 0.717) is 16.5 Å². The minimum absolute atomic E-state index is 0.270. The van der Waals surface area contributed by atoms with Crippen molar-refractivity contribution in [1.82, 2.24) is 0 Å². The number of ether oxygens (including phenoxy) is 2. The van der Waals surface area contributed by atoms with Crippen LogP contribution in [0.3, 0.4) is 0 Å².